The van der Waals surface area contributed by atoms with E-state index in [0.717, 1.165) is 17.5 Å². The lowest BCUT2D eigenvalue weighted by molar-refractivity contribution is -0.149. The number of amides is 1. The topological polar surface area (TPSA) is 77.8 Å². The van der Waals surface area contributed by atoms with Gasteiger partial charge in [-0.25, -0.2) is 0 Å². The Bertz CT molecular complexity index is 541. The number of hydrogen-bond donors (Lipinski definition) is 2. The number of aromatic hydroxyl groups is 1. The first-order chi connectivity index (χ1) is 9.40. The van der Waals surface area contributed by atoms with Crippen molar-refractivity contribution in [3.63, 3.8) is 0 Å². The fourth-order valence-electron chi connectivity index (χ4n) is 2.45. The maximum atomic E-state index is 12.3. The highest BCUT2D eigenvalue weighted by Gasteiger charge is 2.31. The van der Waals surface area contributed by atoms with E-state index in [-0.39, 0.29) is 11.7 Å². The van der Waals surface area contributed by atoms with Crippen molar-refractivity contribution in [1.29, 1.82) is 0 Å². The Kier molecular flexibility index (Phi) is 3.97. The molecular formula is C15H19NO4. The van der Waals surface area contributed by atoms with Crippen LogP contribution in [-0.4, -0.2) is 33.5 Å². The van der Waals surface area contributed by atoms with Crippen LogP contribution < -0.4 is 0 Å². The molecule has 0 saturated heterocycles. The number of carbonyl (C=O) groups excluding carboxylic acids is 1. The summed E-state index contributed by atoms with van der Waals surface area (Å²) in [5.41, 5.74) is 2.06. The van der Waals surface area contributed by atoms with Crippen molar-refractivity contribution in [3.05, 3.63) is 29.3 Å². The van der Waals surface area contributed by atoms with Crippen LogP contribution in [0.1, 0.15) is 25.0 Å². The van der Waals surface area contributed by atoms with Gasteiger partial charge in [0.15, 0.2) is 0 Å². The van der Waals surface area contributed by atoms with Crippen LogP contribution in [0.2, 0.25) is 0 Å². The molecule has 20 heavy (non-hydrogen) atoms. The molecule has 108 valence electrons. The zero-order valence-electron chi connectivity index (χ0n) is 11.7. The van der Waals surface area contributed by atoms with Crippen molar-refractivity contribution in [2.24, 2.45) is 11.8 Å². The predicted octanol–water partition coefficient (Wildman–Crippen LogP) is 1.63. The molecule has 2 rings (SSSR count). The molecule has 5 nitrogen and oxygen atoms in total. The second kappa shape index (κ2) is 5.53. The van der Waals surface area contributed by atoms with E-state index in [1.54, 1.807) is 30.9 Å². The second-order valence-electron chi connectivity index (χ2n) is 5.38. The third-order valence-corrected chi connectivity index (χ3v) is 4.04. The Hall–Kier alpha value is -2.04. The van der Waals surface area contributed by atoms with Gasteiger partial charge in [0, 0.05) is 19.0 Å². The number of fused-ring (bicyclic) bond motifs is 1. The summed E-state index contributed by atoms with van der Waals surface area (Å²) in [6.45, 7) is 4.22. The fourth-order valence-corrected chi connectivity index (χ4v) is 2.45. The number of hydrogen-bond acceptors (Lipinski definition) is 3. The number of rotatable bonds is 3. The molecule has 0 fully saturated rings. The fraction of sp³-hybridized carbons (Fsp3) is 0.467. The van der Waals surface area contributed by atoms with Gasteiger partial charge in [-0.05, 0) is 29.7 Å². The summed E-state index contributed by atoms with van der Waals surface area (Å²) < 4.78 is 0. The van der Waals surface area contributed by atoms with Gasteiger partial charge in [0.1, 0.15) is 5.75 Å². The molecule has 5 heteroatoms. The number of carboxylic acid groups (broad SMARTS) is 1. The van der Waals surface area contributed by atoms with Crippen LogP contribution in [0.5, 0.6) is 5.75 Å². The molecule has 1 amide bonds. The molecule has 1 heterocycles. The zero-order valence-corrected chi connectivity index (χ0v) is 11.7. The monoisotopic (exact) mass is 277 g/mol. The Labute approximate surface area is 117 Å². The lowest BCUT2D eigenvalue weighted by Gasteiger charge is -2.32. The van der Waals surface area contributed by atoms with Crippen LogP contribution in [0.25, 0.3) is 0 Å². The average molecular weight is 277 g/mol. The third-order valence-electron chi connectivity index (χ3n) is 4.04. The van der Waals surface area contributed by atoms with Crippen LogP contribution in [-0.2, 0) is 22.6 Å². The number of phenols is 1. The van der Waals surface area contributed by atoms with Gasteiger partial charge in [-0.2, -0.15) is 0 Å². The van der Waals surface area contributed by atoms with E-state index >= 15 is 0 Å². The number of carboxylic acids is 1. The molecule has 2 N–H and O–H groups in total. The molecule has 2 unspecified atom stereocenters. The summed E-state index contributed by atoms with van der Waals surface area (Å²) >= 11 is 0. The number of carbonyl (C=O) groups is 2. The zero-order chi connectivity index (χ0) is 14.9. The quantitative estimate of drug-likeness (QED) is 0.880. The largest absolute Gasteiger partial charge is 0.508 e. The van der Waals surface area contributed by atoms with Crippen molar-refractivity contribution in [3.8, 4) is 5.75 Å². The molecule has 0 aromatic heterocycles. The minimum atomic E-state index is -0.957. The SMILES string of the molecule is CC(C(=O)O)C(C)C(=O)N1CCc2ccc(O)cc2C1. The summed E-state index contributed by atoms with van der Waals surface area (Å²) in [4.78, 5) is 25.0. The van der Waals surface area contributed by atoms with Gasteiger partial charge >= 0.3 is 5.97 Å². The van der Waals surface area contributed by atoms with Crippen molar-refractivity contribution in [1.82, 2.24) is 4.90 Å². The Morgan fingerprint density at radius 1 is 1.20 bits per heavy atom. The average Bonchev–Trinajstić information content (AvgIpc) is 2.43. The summed E-state index contributed by atoms with van der Waals surface area (Å²) in [6.07, 6.45) is 0.732. The van der Waals surface area contributed by atoms with Gasteiger partial charge in [0.25, 0.3) is 0 Å². The van der Waals surface area contributed by atoms with E-state index in [4.69, 9.17) is 5.11 Å². The first kappa shape index (κ1) is 14.4. The van der Waals surface area contributed by atoms with Gasteiger partial charge < -0.3 is 15.1 Å². The predicted molar refractivity (Wildman–Crippen MR) is 73.2 cm³/mol. The number of nitrogens with zero attached hydrogens (tertiary/aromatic N) is 1. The van der Waals surface area contributed by atoms with Gasteiger partial charge in [-0.15, -0.1) is 0 Å². The molecule has 1 aliphatic heterocycles. The maximum absolute atomic E-state index is 12.3. The molecule has 0 radical (unpaired) electrons. The summed E-state index contributed by atoms with van der Waals surface area (Å²) in [5.74, 6) is -2.17. The summed E-state index contributed by atoms with van der Waals surface area (Å²) in [5, 5.41) is 18.5. The van der Waals surface area contributed by atoms with Crippen LogP contribution in [0.15, 0.2) is 18.2 Å². The molecule has 0 saturated carbocycles. The van der Waals surface area contributed by atoms with Crippen LogP contribution in [0.4, 0.5) is 0 Å². The highest BCUT2D eigenvalue weighted by atomic mass is 16.4. The Balaban J connectivity index is 2.12. The van der Waals surface area contributed by atoms with Gasteiger partial charge in [0.05, 0.1) is 5.92 Å². The molecule has 0 aliphatic carbocycles. The van der Waals surface area contributed by atoms with Crippen LogP contribution in [0.3, 0.4) is 0 Å². The summed E-state index contributed by atoms with van der Waals surface area (Å²) in [7, 11) is 0. The second-order valence-corrected chi connectivity index (χ2v) is 5.38. The molecule has 2 atom stereocenters. The first-order valence-electron chi connectivity index (χ1n) is 6.72. The van der Waals surface area contributed by atoms with Crippen molar-refractivity contribution in [2.75, 3.05) is 6.54 Å². The lowest BCUT2D eigenvalue weighted by atomic mass is 9.92. The van der Waals surface area contributed by atoms with E-state index in [1.165, 1.54) is 0 Å². The maximum Gasteiger partial charge on any atom is 0.307 e. The van der Waals surface area contributed by atoms with E-state index in [2.05, 4.69) is 0 Å². The summed E-state index contributed by atoms with van der Waals surface area (Å²) in [6, 6.07) is 5.18. The third kappa shape index (κ3) is 2.76. The van der Waals surface area contributed by atoms with E-state index in [1.807, 2.05) is 6.07 Å². The Morgan fingerprint density at radius 2 is 1.90 bits per heavy atom. The highest BCUT2D eigenvalue weighted by Crippen LogP contribution is 2.25. The van der Waals surface area contributed by atoms with E-state index in [9.17, 15) is 14.7 Å². The molecule has 1 aromatic carbocycles. The number of benzene rings is 1. The first-order valence-corrected chi connectivity index (χ1v) is 6.72. The van der Waals surface area contributed by atoms with Crippen molar-refractivity contribution in [2.45, 2.75) is 26.8 Å². The molecular weight excluding hydrogens is 258 g/mol. The smallest absolute Gasteiger partial charge is 0.307 e. The van der Waals surface area contributed by atoms with Crippen molar-refractivity contribution >= 4 is 11.9 Å². The van der Waals surface area contributed by atoms with Crippen LogP contribution in [0, 0.1) is 11.8 Å². The van der Waals surface area contributed by atoms with Gasteiger partial charge in [-0.3, -0.25) is 9.59 Å². The molecule has 1 aliphatic rings. The van der Waals surface area contributed by atoms with E-state index in [0.29, 0.717) is 13.1 Å². The lowest BCUT2D eigenvalue weighted by Crippen LogP contribution is -2.41. The number of aliphatic carboxylic acids is 1. The minimum absolute atomic E-state index is 0.145. The van der Waals surface area contributed by atoms with Crippen LogP contribution >= 0.6 is 0 Å². The highest BCUT2D eigenvalue weighted by molar-refractivity contribution is 5.84. The Morgan fingerprint density at radius 3 is 2.55 bits per heavy atom. The normalized spacial score (nSPS) is 17.2. The molecule has 1 aromatic rings. The van der Waals surface area contributed by atoms with Crippen molar-refractivity contribution < 1.29 is 19.8 Å². The van der Waals surface area contributed by atoms with E-state index < -0.39 is 17.8 Å². The standard InChI is InChI=1S/C15H19NO4/c1-9(10(2)15(19)20)14(18)16-6-5-11-3-4-13(17)7-12(11)8-16/h3-4,7,9-10,17H,5-6,8H2,1-2H3,(H,19,20). The molecule has 0 bridgehead atoms. The molecule has 0 spiro atoms. The minimum Gasteiger partial charge on any atom is -0.508 e. The van der Waals surface area contributed by atoms with Gasteiger partial charge in [0.2, 0.25) is 5.91 Å². The van der Waals surface area contributed by atoms with Gasteiger partial charge in [-0.1, -0.05) is 19.9 Å². The number of phenolic OH excluding ortho intramolecular Hbond substituents is 1.